The molecule has 0 atom stereocenters. The molecule has 2 aromatic rings. The Morgan fingerprint density at radius 1 is 1.57 bits per heavy atom. The lowest BCUT2D eigenvalue weighted by atomic mass is 10.2. The number of hydrogen-bond donors (Lipinski definition) is 0. The third kappa shape index (κ3) is 1.30. The molecule has 0 saturated carbocycles. The summed E-state index contributed by atoms with van der Waals surface area (Å²) in [5.41, 5.74) is 1.43. The molecule has 2 aromatic heterocycles. The Bertz CT molecular complexity index is 516. The van der Waals surface area contributed by atoms with E-state index < -0.39 is 0 Å². The molecule has 0 fully saturated rings. The predicted molar refractivity (Wildman–Crippen MR) is 54.9 cm³/mol. The van der Waals surface area contributed by atoms with Crippen molar-refractivity contribution >= 4 is 22.9 Å². The molecule has 0 unspecified atom stereocenters. The Morgan fingerprint density at radius 2 is 2.29 bits per heavy atom. The molecule has 0 saturated heterocycles. The standard InChI is InChI=1S/C10H9ClN2O/c1-6(14)8-3-4-13-7(2)12-10(11)9(13)5-8/h3-5H,1-2H3. The fraction of sp³-hybridized carbons (Fsp3) is 0.200. The Morgan fingerprint density at radius 3 is 2.93 bits per heavy atom. The summed E-state index contributed by atoms with van der Waals surface area (Å²) in [6, 6.07) is 3.52. The number of nitrogens with zero attached hydrogens (tertiary/aromatic N) is 2. The highest BCUT2D eigenvalue weighted by Gasteiger charge is 2.07. The zero-order valence-corrected chi connectivity index (χ0v) is 8.67. The monoisotopic (exact) mass is 208 g/mol. The molecule has 0 aliphatic rings. The van der Waals surface area contributed by atoms with Crippen LogP contribution in [0.4, 0.5) is 0 Å². The number of ketones is 1. The first-order chi connectivity index (χ1) is 6.59. The number of aryl methyl sites for hydroxylation is 1. The van der Waals surface area contributed by atoms with Crippen LogP contribution in [0.5, 0.6) is 0 Å². The molecule has 2 rings (SSSR count). The summed E-state index contributed by atoms with van der Waals surface area (Å²) in [5, 5.41) is 0.436. The highest BCUT2D eigenvalue weighted by Crippen LogP contribution is 2.19. The van der Waals surface area contributed by atoms with Crippen LogP contribution >= 0.6 is 11.6 Å². The second-order valence-electron chi connectivity index (χ2n) is 3.18. The highest BCUT2D eigenvalue weighted by atomic mass is 35.5. The lowest BCUT2D eigenvalue weighted by Crippen LogP contribution is -1.94. The number of fused-ring (bicyclic) bond motifs is 1. The van der Waals surface area contributed by atoms with Crippen LogP contribution in [0.2, 0.25) is 5.15 Å². The molecule has 2 heterocycles. The average Bonchev–Trinajstić information content (AvgIpc) is 2.42. The number of rotatable bonds is 1. The minimum atomic E-state index is 0.0300. The van der Waals surface area contributed by atoms with E-state index in [0.717, 1.165) is 11.3 Å². The van der Waals surface area contributed by atoms with Crippen molar-refractivity contribution in [2.45, 2.75) is 13.8 Å². The summed E-state index contributed by atoms with van der Waals surface area (Å²) >= 11 is 5.91. The van der Waals surface area contributed by atoms with Gasteiger partial charge >= 0.3 is 0 Å². The van der Waals surface area contributed by atoms with E-state index in [9.17, 15) is 4.79 Å². The fourth-order valence-electron chi connectivity index (χ4n) is 1.41. The van der Waals surface area contributed by atoms with Crippen LogP contribution in [0.3, 0.4) is 0 Å². The van der Waals surface area contributed by atoms with Crippen molar-refractivity contribution in [3.05, 3.63) is 34.9 Å². The van der Waals surface area contributed by atoms with Crippen LogP contribution < -0.4 is 0 Å². The van der Waals surface area contributed by atoms with E-state index in [2.05, 4.69) is 4.98 Å². The van der Waals surface area contributed by atoms with Crippen molar-refractivity contribution in [1.82, 2.24) is 9.38 Å². The number of hydrogen-bond acceptors (Lipinski definition) is 2. The van der Waals surface area contributed by atoms with Crippen LogP contribution in [0.15, 0.2) is 18.3 Å². The van der Waals surface area contributed by atoms with Crippen molar-refractivity contribution in [3.63, 3.8) is 0 Å². The number of aromatic nitrogens is 2. The number of pyridine rings is 1. The van der Waals surface area contributed by atoms with Crippen molar-refractivity contribution < 1.29 is 4.79 Å². The summed E-state index contributed by atoms with van der Waals surface area (Å²) in [7, 11) is 0. The molecule has 0 amide bonds. The largest absolute Gasteiger partial charge is 0.302 e. The number of imidazole rings is 1. The quantitative estimate of drug-likeness (QED) is 0.675. The highest BCUT2D eigenvalue weighted by molar-refractivity contribution is 6.32. The molecule has 4 heteroatoms. The Labute approximate surface area is 86.3 Å². The van der Waals surface area contributed by atoms with Gasteiger partial charge in [-0.15, -0.1) is 0 Å². The number of halogens is 1. The summed E-state index contributed by atoms with van der Waals surface area (Å²) in [6.45, 7) is 3.40. The van der Waals surface area contributed by atoms with E-state index in [-0.39, 0.29) is 5.78 Å². The van der Waals surface area contributed by atoms with Crippen molar-refractivity contribution in [3.8, 4) is 0 Å². The van der Waals surface area contributed by atoms with Crippen LogP contribution in [0.1, 0.15) is 23.1 Å². The molecule has 0 aromatic carbocycles. The van der Waals surface area contributed by atoms with Crippen LogP contribution in [0.25, 0.3) is 5.52 Å². The second kappa shape index (κ2) is 3.10. The molecule has 0 N–H and O–H groups in total. The molecule has 72 valence electrons. The van der Waals surface area contributed by atoms with Crippen molar-refractivity contribution in [2.75, 3.05) is 0 Å². The van der Waals surface area contributed by atoms with Gasteiger partial charge in [0, 0.05) is 11.8 Å². The van der Waals surface area contributed by atoms with E-state index in [1.807, 2.05) is 11.3 Å². The van der Waals surface area contributed by atoms with Gasteiger partial charge in [-0.05, 0) is 26.0 Å². The summed E-state index contributed by atoms with van der Waals surface area (Å²) < 4.78 is 1.86. The lowest BCUT2D eigenvalue weighted by molar-refractivity contribution is 0.101. The van der Waals surface area contributed by atoms with Gasteiger partial charge in [0.05, 0.1) is 5.52 Å². The lowest BCUT2D eigenvalue weighted by Gasteiger charge is -1.98. The smallest absolute Gasteiger partial charge is 0.159 e. The van der Waals surface area contributed by atoms with Gasteiger partial charge in [0.2, 0.25) is 0 Å². The first kappa shape index (κ1) is 9.21. The van der Waals surface area contributed by atoms with Crippen LogP contribution in [-0.2, 0) is 0 Å². The van der Waals surface area contributed by atoms with E-state index in [1.54, 1.807) is 18.3 Å². The first-order valence-corrected chi connectivity index (χ1v) is 4.62. The van der Waals surface area contributed by atoms with E-state index in [4.69, 9.17) is 11.6 Å². The molecule has 14 heavy (non-hydrogen) atoms. The normalized spacial score (nSPS) is 10.8. The second-order valence-corrected chi connectivity index (χ2v) is 3.53. The van der Waals surface area contributed by atoms with E-state index >= 15 is 0 Å². The maximum absolute atomic E-state index is 11.1. The molecular formula is C10H9ClN2O. The molecule has 0 radical (unpaired) electrons. The van der Waals surface area contributed by atoms with Crippen LogP contribution in [-0.4, -0.2) is 15.2 Å². The number of carbonyl (C=O) groups excluding carboxylic acids is 1. The molecule has 0 bridgehead atoms. The van der Waals surface area contributed by atoms with Gasteiger partial charge in [0.1, 0.15) is 5.82 Å². The summed E-state index contributed by atoms with van der Waals surface area (Å²) in [4.78, 5) is 15.2. The third-order valence-corrected chi connectivity index (χ3v) is 2.46. The molecule has 0 aliphatic carbocycles. The SMILES string of the molecule is CC(=O)c1ccn2c(C)nc(Cl)c2c1. The summed E-state index contributed by atoms with van der Waals surface area (Å²) in [5.74, 6) is 0.850. The fourth-order valence-corrected chi connectivity index (χ4v) is 1.68. The van der Waals surface area contributed by atoms with Crippen molar-refractivity contribution in [1.29, 1.82) is 0 Å². The Kier molecular flexibility index (Phi) is 2.04. The Hall–Kier alpha value is -1.35. The Balaban J connectivity index is 2.77. The molecule has 0 spiro atoms. The number of Topliss-reactive ketones (excluding diaryl/α,β-unsaturated/α-hetero) is 1. The molecule has 3 nitrogen and oxygen atoms in total. The van der Waals surface area contributed by atoms with Gasteiger partial charge in [-0.25, -0.2) is 4.98 Å². The predicted octanol–water partition coefficient (Wildman–Crippen LogP) is 2.50. The minimum absolute atomic E-state index is 0.0300. The number of carbonyl (C=O) groups is 1. The average molecular weight is 209 g/mol. The molecular weight excluding hydrogens is 200 g/mol. The van der Waals surface area contributed by atoms with Gasteiger partial charge in [0.25, 0.3) is 0 Å². The maximum atomic E-state index is 11.1. The van der Waals surface area contributed by atoms with E-state index in [1.165, 1.54) is 6.92 Å². The van der Waals surface area contributed by atoms with Gasteiger partial charge in [-0.3, -0.25) is 4.79 Å². The first-order valence-electron chi connectivity index (χ1n) is 4.25. The minimum Gasteiger partial charge on any atom is -0.302 e. The van der Waals surface area contributed by atoms with E-state index in [0.29, 0.717) is 10.7 Å². The topological polar surface area (TPSA) is 34.4 Å². The maximum Gasteiger partial charge on any atom is 0.159 e. The summed E-state index contributed by atoms with van der Waals surface area (Å²) in [6.07, 6.45) is 1.81. The third-order valence-electron chi connectivity index (χ3n) is 2.18. The van der Waals surface area contributed by atoms with Gasteiger partial charge in [0.15, 0.2) is 10.9 Å². The van der Waals surface area contributed by atoms with Gasteiger partial charge in [-0.1, -0.05) is 11.6 Å². The molecule has 0 aliphatic heterocycles. The van der Waals surface area contributed by atoms with Crippen LogP contribution in [0, 0.1) is 6.92 Å². The van der Waals surface area contributed by atoms with Crippen molar-refractivity contribution in [2.24, 2.45) is 0 Å². The zero-order valence-electron chi connectivity index (χ0n) is 7.91. The van der Waals surface area contributed by atoms with Gasteiger partial charge < -0.3 is 4.40 Å². The zero-order chi connectivity index (χ0) is 10.3. The van der Waals surface area contributed by atoms with Gasteiger partial charge in [-0.2, -0.15) is 0 Å².